The molecule has 0 spiro atoms. The molecule has 0 aromatic carbocycles. The van der Waals surface area contributed by atoms with Crippen molar-refractivity contribution in [2.45, 2.75) is 38.0 Å². The second kappa shape index (κ2) is 5.17. The molecule has 1 atom stereocenters. The van der Waals surface area contributed by atoms with Crippen LogP contribution in [0.5, 0.6) is 0 Å². The van der Waals surface area contributed by atoms with Crippen molar-refractivity contribution in [3.05, 3.63) is 0 Å². The average Bonchev–Trinajstić information content (AvgIpc) is 2.38. The van der Waals surface area contributed by atoms with Crippen LogP contribution < -0.4 is 5.32 Å². The summed E-state index contributed by atoms with van der Waals surface area (Å²) < 4.78 is 22.9. The van der Waals surface area contributed by atoms with Gasteiger partial charge in [-0.2, -0.15) is 0 Å². The highest BCUT2D eigenvalue weighted by molar-refractivity contribution is 7.92. The Balaban J connectivity index is 0.00000144. The molecule has 1 aliphatic heterocycles. The summed E-state index contributed by atoms with van der Waals surface area (Å²) in [6.07, 6.45) is 2.12. The molecule has 13 heavy (non-hydrogen) atoms. The Hall–Kier alpha value is 0.200. The van der Waals surface area contributed by atoms with Crippen LogP contribution in [0.4, 0.5) is 0 Å². The molecule has 0 aromatic rings. The minimum atomic E-state index is -2.84. The second-order valence-electron chi connectivity index (χ2n) is 3.67. The first-order valence-corrected chi connectivity index (χ1v) is 6.19. The van der Waals surface area contributed by atoms with Crippen molar-refractivity contribution in [1.82, 2.24) is 5.32 Å². The van der Waals surface area contributed by atoms with Crippen LogP contribution in [-0.2, 0) is 9.84 Å². The van der Waals surface area contributed by atoms with Crippen molar-refractivity contribution in [3.8, 4) is 0 Å². The Labute approximate surface area is 86.6 Å². The van der Waals surface area contributed by atoms with Crippen molar-refractivity contribution in [1.29, 1.82) is 0 Å². The normalized spacial score (nSPS) is 23.2. The van der Waals surface area contributed by atoms with E-state index in [1.54, 1.807) is 13.8 Å². The van der Waals surface area contributed by atoms with Crippen molar-refractivity contribution >= 4 is 22.2 Å². The summed E-state index contributed by atoms with van der Waals surface area (Å²) in [5, 5.41) is 2.95. The van der Waals surface area contributed by atoms with E-state index in [1.807, 2.05) is 0 Å². The van der Waals surface area contributed by atoms with Crippen LogP contribution in [0.2, 0.25) is 0 Å². The Morgan fingerprint density at radius 1 is 1.46 bits per heavy atom. The molecule has 5 heteroatoms. The number of nitrogens with one attached hydrogen (secondary N) is 1. The van der Waals surface area contributed by atoms with Gasteiger partial charge in [0.1, 0.15) is 0 Å². The predicted octanol–water partition coefficient (Wildman–Crippen LogP) is 0.983. The van der Waals surface area contributed by atoms with Gasteiger partial charge in [0, 0.05) is 6.04 Å². The van der Waals surface area contributed by atoms with Gasteiger partial charge in [-0.05, 0) is 33.2 Å². The third kappa shape index (κ3) is 3.83. The maximum absolute atomic E-state index is 11.4. The molecule has 0 saturated carbocycles. The van der Waals surface area contributed by atoms with Crippen LogP contribution in [0.25, 0.3) is 0 Å². The van der Waals surface area contributed by atoms with E-state index in [1.165, 1.54) is 0 Å². The molecular weight excluding hydrogens is 210 g/mol. The van der Waals surface area contributed by atoms with E-state index in [0.717, 1.165) is 19.4 Å². The van der Waals surface area contributed by atoms with Gasteiger partial charge in [0.15, 0.2) is 9.84 Å². The maximum Gasteiger partial charge on any atom is 0.154 e. The standard InChI is InChI=1S/C8H17NO2S.ClH/c1-7(2)12(10,11)6-8-4-3-5-9-8;/h7-9H,3-6H2,1-2H3;1H. The fourth-order valence-corrected chi connectivity index (χ4v) is 2.60. The van der Waals surface area contributed by atoms with Gasteiger partial charge in [-0.1, -0.05) is 0 Å². The Morgan fingerprint density at radius 3 is 2.46 bits per heavy atom. The lowest BCUT2D eigenvalue weighted by Crippen LogP contribution is -2.33. The number of hydrogen-bond acceptors (Lipinski definition) is 3. The van der Waals surface area contributed by atoms with Gasteiger partial charge < -0.3 is 5.32 Å². The first kappa shape index (κ1) is 13.2. The number of rotatable bonds is 3. The fraction of sp³-hybridized carbons (Fsp3) is 1.00. The Kier molecular flexibility index (Phi) is 5.25. The lowest BCUT2D eigenvalue weighted by molar-refractivity contribution is 0.569. The van der Waals surface area contributed by atoms with Crippen LogP contribution in [-0.4, -0.2) is 32.0 Å². The molecule has 0 aliphatic carbocycles. The van der Waals surface area contributed by atoms with Crippen molar-refractivity contribution in [3.63, 3.8) is 0 Å². The third-order valence-electron chi connectivity index (χ3n) is 2.31. The van der Waals surface area contributed by atoms with E-state index in [9.17, 15) is 8.42 Å². The van der Waals surface area contributed by atoms with Crippen LogP contribution in [0, 0.1) is 0 Å². The molecule has 1 N–H and O–H groups in total. The molecule has 1 saturated heterocycles. The van der Waals surface area contributed by atoms with Gasteiger partial charge in [0.05, 0.1) is 11.0 Å². The zero-order valence-corrected chi connectivity index (χ0v) is 9.75. The molecule has 1 aliphatic rings. The zero-order valence-electron chi connectivity index (χ0n) is 8.12. The highest BCUT2D eigenvalue weighted by Gasteiger charge is 2.24. The quantitative estimate of drug-likeness (QED) is 0.782. The SMILES string of the molecule is CC(C)S(=O)(=O)CC1CCCN1.Cl. The summed E-state index contributed by atoms with van der Waals surface area (Å²) in [5.41, 5.74) is 0. The van der Waals surface area contributed by atoms with E-state index < -0.39 is 9.84 Å². The molecule has 1 fully saturated rings. The van der Waals surface area contributed by atoms with Gasteiger partial charge in [0.2, 0.25) is 0 Å². The lowest BCUT2D eigenvalue weighted by Gasteiger charge is -2.12. The molecule has 1 heterocycles. The van der Waals surface area contributed by atoms with E-state index in [2.05, 4.69) is 5.32 Å². The van der Waals surface area contributed by atoms with Gasteiger partial charge in [-0.15, -0.1) is 12.4 Å². The molecule has 0 aromatic heterocycles. The molecule has 3 nitrogen and oxygen atoms in total. The minimum absolute atomic E-state index is 0. The third-order valence-corrected chi connectivity index (χ3v) is 4.62. The van der Waals surface area contributed by atoms with Crippen LogP contribution >= 0.6 is 12.4 Å². The Bertz CT molecular complexity index is 233. The first-order valence-electron chi connectivity index (χ1n) is 4.47. The molecule has 1 rings (SSSR count). The average molecular weight is 228 g/mol. The largest absolute Gasteiger partial charge is 0.313 e. The number of halogens is 1. The summed E-state index contributed by atoms with van der Waals surface area (Å²) in [4.78, 5) is 0. The molecule has 80 valence electrons. The summed E-state index contributed by atoms with van der Waals surface area (Å²) in [6.45, 7) is 4.45. The highest BCUT2D eigenvalue weighted by Crippen LogP contribution is 2.10. The van der Waals surface area contributed by atoms with Crippen LogP contribution in [0.1, 0.15) is 26.7 Å². The van der Waals surface area contributed by atoms with Gasteiger partial charge in [-0.3, -0.25) is 0 Å². The molecule has 1 unspecified atom stereocenters. The predicted molar refractivity (Wildman–Crippen MR) is 57.2 cm³/mol. The lowest BCUT2D eigenvalue weighted by atomic mass is 10.3. The van der Waals surface area contributed by atoms with Crippen molar-refractivity contribution in [2.75, 3.05) is 12.3 Å². The summed E-state index contributed by atoms with van der Waals surface area (Å²) in [7, 11) is -2.84. The summed E-state index contributed by atoms with van der Waals surface area (Å²) in [5.74, 6) is 0.310. The van der Waals surface area contributed by atoms with E-state index in [0.29, 0.717) is 5.75 Å². The summed E-state index contributed by atoms with van der Waals surface area (Å²) >= 11 is 0. The zero-order chi connectivity index (χ0) is 9.19. The molecule has 0 radical (unpaired) electrons. The van der Waals surface area contributed by atoms with Crippen LogP contribution in [0.15, 0.2) is 0 Å². The summed E-state index contributed by atoms with van der Waals surface area (Å²) in [6, 6.07) is 0.206. The highest BCUT2D eigenvalue weighted by atomic mass is 35.5. The smallest absolute Gasteiger partial charge is 0.154 e. The second-order valence-corrected chi connectivity index (χ2v) is 6.27. The van der Waals surface area contributed by atoms with Gasteiger partial charge in [-0.25, -0.2) is 8.42 Å². The van der Waals surface area contributed by atoms with Crippen molar-refractivity contribution < 1.29 is 8.42 Å². The van der Waals surface area contributed by atoms with E-state index in [-0.39, 0.29) is 23.7 Å². The topological polar surface area (TPSA) is 46.2 Å². The molecule has 0 amide bonds. The maximum atomic E-state index is 11.4. The van der Waals surface area contributed by atoms with Gasteiger partial charge >= 0.3 is 0 Å². The van der Waals surface area contributed by atoms with Crippen molar-refractivity contribution in [2.24, 2.45) is 0 Å². The minimum Gasteiger partial charge on any atom is -0.313 e. The monoisotopic (exact) mass is 227 g/mol. The van der Waals surface area contributed by atoms with E-state index in [4.69, 9.17) is 0 Å². The fourth-order valence-electron chi connectivity index (χ4n) is 1.37. The Morgan fingerprint density at radius 2 is 2.08 bits per heavy atom. The van der Waals surface area contributed by atoms with Crippen LogP contribution in [0.3, 0.4) is 0 Å². The molecular formula is C8H18ClNO2S. The van der Waals surface area contributed by atoms with E-state index >= 15 is 0 Å². The van der Waals surface area contributed by atoms with Gasteiger partial charge in [0.25, 0.3) is 0 Å². The number of sulfone groups is 1. The molecule has 0 bridgehead atoms. The number of hydrogen-bond donors (Lipinski definition) is 1. The first-order chi connectivity index (χ1) is 5.52.